The number of rotatable bonds is 2. The van der Waals surface area contributed by atoms with E-state index in [2.05, 4.69) is 0 Å². The molecule has 0 saturated heterocycles. The van der Waals surface area contributed by atoms with Crippen LogP contribution in [0.4, 0.5) is 0 Å². The monoisotopic (exact) mass is 198 g/mol. The zero-order chi connectivity index (χ0) is 10.3. The number of aliphatic carboxylic acids is 2. The summed E-state index contributed by atoms with van der Waals surface area (Å²) in [4.78, 5) is 21.8. The topological polar surface area (TPSA) is 74.6 Å². The molecule has 4 nitrogen and oxygen atoms in total. The van der Waals surface area contributed by atoms with Crippen LogP contribution in [0, 0.1) is 23.7 Å². The average molecular weight is 198 g/mol. The first-order valence-corrected chi connectivity index (χ1v) is 5.08. The first kappa shape index (κ1) is 9.49. The zero-order valence-corrected chi connectivity index (χ0v) is 7.85. The standard InChI is InChI=1S/C10H14O4/c11-9(12)7-5-3-1-2-4-6(5)8(7)10(13)14/h5-8H,1-4H2,(H,11,12)(H,13,14)/t5-,6-,7-,8-/m0/s1. The van der Waals surface area contributed by atoms with E-state index < -0.39 is 23.8 Å². The van der Waals surface area contributed by atoms with Crippen LogP contribution in [0.15, 0.2) is 0 Å². The minimum atomic E-state index is -0.930. The molecule has 2 aliphatic carbocycles. The summed E-state index contributed by atoms with van der Waals surface area (Å²) in [6, 6.07) is 0. The SMILES string of the molecule is O=C(O)[C@H]1[C@H]2CCCC[C@@H]2[C@@H]1C(=O)O. The second kappa shape index (κ2) is 3.26. The summed E-state index contributed by atoms with van der Waals surface area (Å²) in [5.74, 6) is -2.86. The minimum absolute atomic E-state index is 0.127. The molecule has 0 amide bonds. The number of carbonyl (C=O) groups is 2. The Labute approximate surface area is 81.9 Å². The van der Waals surface area contributed by atoms with E-state index in [0.29, 0.717) is 0 Å². The lowest BCUT2D eigenvalue weighted by Gasteiger charge is -2.50. The van der Waals surface area contributed by atoms with Crippen molar-refractivity contribution >= 4 is 11.9 Å². The average Bonchev–Trinajstić information content (AvgIpc) is 2.05. The van der Waals surface area contributed by atoms with E-state index in [1.54, 1.807) is 0 Å². The van der Waals surface area contributed by atoms with Crippen LogP contribution in [-0.2, 0) is 9.59 Å². The van der Waals surface area contributed by atoms with Crippen molar-refractivity contribution in [2.24, 2.45) is 23.7 Å². The van der Waals surface area contributed by atoms with Crippen molar-refractivity contribution in [3.8, 4) is 0 Å². The smallest absolute Gasteiger partial charge is 0.307 e. The first-order chi connectivity index (χ1) is 6.63. The van der Waals surface area contributed by atoms with E-state index in [1.807, 2.05) is 0 Å². The van der Waals surface area contributed by atoms with Crippen LogP contribution < -0.4 is 0 Å². The second-order valence-electron chi connectivity index (χ2n) is 4.34. The molecule has 0 aliphatic heterocycles. The molecule has 0 aromatic rings. The van der Waals surface area contributed by atoms with Gasteiger partial charge in [0.15, 0.2) is 0 Å². The second-order valence-corrected chi connectivity index (χ2v) is 4.34. The fraction of sp³-hybridized carbons (Fsp3) is 0.800. The highest BCUT2D eigenvalue weighted by molar-refractivity contribution is 5.82. The Morgan fingerprint density at radius 1 is 0.857 bits per heavy atom. The van der Waals surface area contributed by atoms with Crippen LogP contribution in [0.25, 0.3) is 0 Å². The van der Waals surface area contributed by atoms with Gasteiger partial charge in [0.05, 0.1) is 11.8 Å². The lowest BCUT2D eigenvalue weighted by Crippen LogP contribution is -2.55. The van der Waals surface area contributed by atoms with Crippen LogP contribution >= 0.6 is 0 Å². The molecule has 0 heterocycles. The largest absolute Gasteiger partial charge is 0.481 e. The number of carboxylic acids is 2. The predicted octanol–water partition coefficient (Wildman–Crippen LogP) is 1.21. The number of hydrogen-bond acceptors (Lipinski definition) is 2. The molecular formula is C10H14O4. The minimum Gasteiger partial charge on any atom is -0.481 e. The van der Waals surface area contributed by atoms with E-state index in [9.17, 15) is 9.59 Å². The van der Waals surface area contributed by atoms with Crippen molar-refractivity contribution in [1.29, 1.82) is 0 Å². The van der Waals surface area contributed by atoms with Gasteiger partial charge < -0.3 is 10.2 Å². The fourth-order valence-electron chi connectivity index (χ4n) is 3.14. The van der Waals surface area contributed by atoms with Crippen LogP contribution in [0.5, 0.6) is 0 Å². The molecule has 4 atom stereocenters. The highest BCUT2D eigenvalue weighted by atomic mass is 16.4. The number of hydrogen-bond donors (Lipinski definition) is 2. The van der Waals surface area contributed by atoms with Crippen molar-refractivity contribution < 1.29 is 19.8 Å². The maximum absolute atomic E-state index is 10.9. The summed E-state index contributed by atoms with van der Waals surface area (Å²) in [7, 11) is 0. The van der Waals surface area contributed by atoms with Crippen LogP contribution in [0.3, 0.4) is 0 Å². The molecular weight excluding hydrogens is 184 g/mol. The van der Waals surface area contributed by atoms with E-state index in [-0.39, 0.29) is 11.8 Å². The Bertz CT molecular complexity index is 245. The van der Waals surface area contributed by atoms with Crippen molar-refractivity contribution in [3.05, 3.63) is 0 Å². The van der Waals surface area contributed by atoms with E-state index >= 15 is 0 Å². The van der Waals surface area contributed by atoms with Crippen molar-refractivity contribution in [2.75, 3.05) is 0 Å². The normalized spacial score (nSPS) is 40.9. The van der Waals surface area contributed by atoms with E-state index in [0.717, 1.165) is 25.7 Å². The molecule has 2 aliphatic rings. The van der Waals surface area contributed by atoms with Crippen molar-refractivity contribution in [3.63, 3.8) is 0 Å². The van der Waals surface area contributed by atoms with Gasteiger partial charge in [-0.05, 0) is 24.7 Å². The van der Waals surface area contributed by atoms with E-state index in [4.69, 9.17) is 10.2 Å². The molecule has 2 fully saturated rings. The van der Waals surface area contributed by atoms with Crippen molar-refractivity contribution in [2.45, 2.75) is 25.7 Å². The maximum atomic E-state index is 10.9. The van der Waals surface area contributed by atoms with Gasteiger partial charge >= 0.3 is 11.9 Å². The quantitative estimate of drug-likeness (QED) is 0.699. The summed E-state index contributed by atoms with van der Waals surface area (Å²) in [5, 5.41) is 17.9. The molecule has 0 bridgehead atoms. The Hall–Kier alpha value is -1.06. The molecule has 0 unspecified atom stereocenters. The molecule has 2 rings (SSSR count). The Kier molecular flexibility index (Phi) is 2.21. The summed E-state index contributed by atoms with van der Waals surface area (Å²) in [6.45, 7) is 0. The van der Waals surface area contributed by atoms with Gasteiger partial charge in [-0.25, -0.2) is 0 Å². The summed E-state index contributed by atoms with van der Waals surface area (Å²) in [6.07, 6.45) is 3.89. The summed E-state index contributed by atoms with van der Waals surface area (Å²) >= 11 is 0. The van der Waals surface area contributed by atoms with Crippen molar-refractivity contribution in [1.82, 2.24) is 0 Å². The van der Waals surface area contributed by atoms with Gasteiger partial charge in [0.25, 0.3) is 0 Å². The Morgan fingerprint density at radius 3 is 1.50 bits per heavy atom. The Morgan fingerprint density at radius 2 is 1.21 bits per heavy atom. The third-order valence-electron chi connectivity index (χ3n) is 3.75. The summed E-state index contributed by atoms with van der Waals surface area (Å²) in [5.41, 5.74) is 0. The van der Waals surface area contributed by atoms with Gasteiger partial charge in [-0.2, -0.15) is 0 Å². The molecule has 2 saturated carbocycles. The van der Waals surface area contributed by atoms with Gasteiger partial charge in [0.1, 0.15) is 0 Å². The van der Waals surface area contributed by atoms with Crippen LogP contribution in [-0.4, -0.2) is 22.2 Å². The zero-order valence-electron chi connectivity index (χ0n) is 7.85. The molecule has 0 aromatic heterocycles. The fourth-order valence-corrected chi connectivity index (χ4v) is 3.14. The van der Waals surface area contributed by atoms with Gasteiger partial charge in [-0.3, -0.25) is 9.59 Å². The molecule has 0 radical (unpaired) electrons. The summed E-state index contributed by atoms with van der Waals surface area (Å²) < 4.78 is 0. The van der Waals surface area contributed by atoms with E-state index in [1.165, 1.54) is 0 Å². The van der Waals surface area contributed by atoms with Gasteiger partial charge in [0, 0.05) is 0 Å². The molecule has 0 spiro atoms. The van der Waals surface area contributed by atoms with Crippen LogP contribution in [0.1, 0.15) is 25.7 Å². The predicted molar refractivity (Wildman–Crippen MR) is 47.7 cm³/mol. The Balaban J connectivity index is 2.15. The third kappa shape index (κ3) is 1.21. The number of fused-ring (bicyclic) bond motifs is 1. The molecule has 2 N–H and O–H groups in total. The molecule has 78 valence electrons. The lowest BCUT2D eigenvalue weighted by atomic mass is 9.52. The van der Waals surface area contributed by atoms with Crippen LogP contribution in [0.2, 0.25) is 0 Å². The lowest BCUT2D eigenvalue weighted by molar-refractivity contribution is -0.178. The van der Waals surface area contributed by atoms with Gasteiger partial charge in [0.2, 0.25) is 0 Å². The molecule has 4 heteroatoms. The molecule has 14 heavy (non-hydrogen) atoms. The van der Waals surface area contributed by atoms with Gasteiger partial charge in [-0.15, -0.1) is 0 Å². The molecule has 0 aromatic carbocycles. The highest BCUT2D eigenvalue weighted by Crippen LogP contribution is 2.53. The van der Waals surface area contributed by atoms with Gasteiger partial charge in [-0.1, -0.05) is 12.8 Å². The number of carboxylic acid groups (broad SMARTS) is 2. The first-order valence-electron chi connectivity index (χ1n) is 5.08. The highest BCUT2D eigenvalue weighted by Gasteiger charge is 2.57. The third-order valence-corrected chi connectivity index (χ3v) is 3.75. The maximum Gasteiger partial charge on any atom is 0.307 e.